The minimum absolute atomic E-state index is 0.343. The van der Waals surface area contributed by atoms with E-state index in [1.807, 2.05) is 6.07 Å². The van der Waals surface area contributed by atoms with Crippen molar-refractivity contribution in [2.45, 2.75) is 25.1 Å². The first kappa shape index (κ1) is 11.6. The predicted octanol–water partition coefficient (Wildman–Crippen LogP) is 3.82. The first-order valence-corrected chi connectivity index (χ1v) is 6.63. The van der Waals surface area contributed by atoms with Crippen LogP contribution in [-0.4, -0.2) is 10.2 Å². The molecular formula is C12H13ClN2S. The van der Waals surface area contributed by atoms with Gasteiger partial charge in [0.05, 0.1) is 5.88 Å². The van der Waals surface area contributed by atoms with Gasteiger partial charge in [-0.25, -0.2) is 0 Å². The molecule has 2 aromatic rings. The lowest BCUT2D eigenvalue weighted by molar-refractivity contribution is 0.753. The minimum Gasteiger partial charge on any atom is -0.143 e. The summed E-state index contributed by atoms with van der Waals surface area (Å²) in [6.45, 7) is 2.17. The molecule has 16 heavy (non-hydrogen) atoms. The Morgan fingerprint density at radius 1 is 1.25 bits per heavy atom. The number of rotatable bonds is 4. The number of aromatic nitrogens is 2. The number of hydrogen-bond donors (Lipinski definition) is 0. The second kappa shape index (κ2) is 5.41. The maximum atomic E-state index is 5.74. The summed E-state index contributed by atoms with van der Waals surface area (Å²) < 4.78 is 0. The average molecular weight is 253 g/mol. The molecule has 2 nitrogen and oxygen atoms in total. The van der Waals surface area contributed by atoms with E-state index in [9.17, 15) is 0 Å². The van der Waals surface area contributed by atoms with E-state index in [1.54, 1.807) is 11.3 Å². The molecule has 0 amide bonds. The van der Waals surface area contributed by atoms with Crippen molar-refractivity contribution in [3.8, 4) is 0 Å². The van der Waals surface area contributed by atoms with Crippen LogP contribution in [0, 0.1) is 0 Å². The lowest BCUT2D eigenvalue weighted by atomic mass is 9.97. The van der Waals surface area contributed by atoms with Crippen molar-refractivity contribution in [2.24, 2.45) is 0 Å². The lowest BCUT2D eigenvalue weighted by Crippen LogP contribution is -1.98. The maximum Gasteiger partial charge on any atom is 0.132 e. The van der Waals surface area contributed by atoms with Gasteiger partial charge in [0.2, 0.25) is 0 Å². The van der Waals surface area contributed by atoms with Crippen LogP contribution in [0.15, 0.2) is 30.3 Å². The fourth-order valence-corrected chi connectivity index (χ4v) is 2.82. The van der Waals surface area contributed by atoms with Crippen LogP contribution in [-0.2, 0) is 5.88 Å². The number of halogens is 1. The van der Waals surface area contributed by atoms with E-state index < -0.39 is 0 Å². The summed E-state index contributed by atoms with van der Waals surface area (Å²) in [5, 5.41) is 10.2. The van der Waals surface area contributed by atoms with E-state index in [4.69, 9.17) is 11.6 Å². The zero-order valence-corrected chi connectivity index (χ0v) is 10.6. The van der Waals surface area contributed by atoms with Gasteiger partial charge in [0.1, 0.15) is 10.0 Å². The first-order valence-electron chi connectivity index (χ1n) is 5.28. The Hall–Kier alpha value is -0.930. The highest BCUT2D eigenvalue weighted by Crippen LogP contribution is 2.30. The maximum absolute atomic E-state index is 5.74. The molecule has 4 heteroatoms. The molecule has 0 aliphatic rings. The molecule has 1 heterocycles. The second-order valence-corrected chi connectivity index (χ2v) is 4.90. The van der Waals surface area contributed by atoms with Gasteiger partial charge in [0, 0.05) is 5.92 Å². The van der Waals surface area contributed by atoms with Crippen LogP contribution in [0.4, 0.5) is 0 Å². The molecule has 0 radical (unpaired) electrons. The number of benzene rings is 1. The summed E-state index contributed by atoms with van der Waals surface area (Å²) in [5.74, 6) is 0.791. The number of nitrogens with zero attached hydrogens (tertiary/aromatic N) is 2. The Morgan fingerprint density at radius 2 is 2.00 bits per heavy atom. The van der Waals surface area contributed by atoms with Gasteiger partial charge in [-0.05, 0) is 12.0 Å². The smallest absolute Gasteiger partial charge is 0.132 e. The Balaban J connectivity index is 2.29. The highest BCUT2D eigenvalue weighted by Gasteiger charge is 2.16. The molecule has 0 aliphatic heterocycles. The van der Waals surface area contributed by atoms with E-state index in [0.29, 0.717) is 11.8 Å². The van der Waals surface area contributed by atoms with Crippen LogP contribution < -0.4 is 0 Å². The summed E-state index contributed by atoms with van der Waals surface area (Å²) in [7, 11) is 0. The van der Waals surface area contributed by atoms with Crippen molar-refractivity contribution < 1.29 is 0 Å². The van der Waals surface area contributed by atoms with Crippen LogP contribution in [0.1, 0.15) is 34.8 Å². The zero-order chi connectivity index (χ0) is 11.4. The Bertz CT molecular complexity index is 441. The predicted molar refractivity (Wildman–Crippen MR) is 68.0 cm³/mol. The molecule has 0 saturated carbocycles. The van der Waals surface area contributed by atoms with Crippen LogP contribution in [0.2, 0.25) is 0 Å². The Morgan fingerprint density at radius 3 is 2.56 bits per heavy atom. The van der Waals surface area contributed by atoms with Crippen molar-refractivity contribution >= 4 is 22.9 Å². The zero-order valence-electron chi connectivity index (χ0n) is 9.06. The van der Waals surface area contributed by atoms with Gasteiger partial charge < -0.3 is 0 Å². The summed E-state index contributed by atoms with van der Waals surface area (Å²) in [6, 6.07) is 10.4. The van der Waals surface area contributed by atoms with E-state index >= 15 is 0 Å². The second-order valence-electron chi connectivity index (χ2n) is 3.54. The quantitative estimate of drug-likeness (QED) is 0.773. The Labute approximate surface area is 104 Å². The largest absolute Gasteiger partial charge is 0.143 e. The molecule has 1 aromatic carbocycles. The van der Waals surface area contributed by atoms with Crippen molar-refractivity contribution in [1.29, 1.82) is 0 Å². The van der Waals surface area contributed by atoms with Crippen molar-refractivity contribution in [1.82, 2.24) is 10.2 Å². The molecule has 1 unspecified atom stereocenters. The molecule has 84 valence electrons. The van der Waals surface area contributed by atoms with Gasteiger partial charge in [-0.3, -0.25) is 0 Å². The van der Waals surface area contributed by atoms with Crippen molar-refractivity contribution in [3.63, 3.8) is 0 Å². The molecule has 1 aromatic heterocycles. The van der Waals surface area contributed by atoms with Crippen LogP contribution >= 0.6 is 22.9 Å². The summed E-state index contributed by atoms with van der Waals surface area (Å²) >= 11 is 7.35. The molecular weight excluding hydrogens is 240 g/mol. The molecule has 0 bridgehead atoms. The monoisotopic (exact) mass is 252 g/mol. The normalized spacial score (nSPS) is 12.6. The number of hydrogen-bond acceptors (Lipinski definition) is 3. The Kier molecular flexibility index (Phi) is 3.91. The highest BCUT2D eigenvalue weighted by atomic mass is 35.5. The van der Waals surface area contributed by atoms with Gasteiger partial charge in [-0.15, -0.1) is 21.8 Å². The van der Waals surface area contributed by atoms with E-state index in [1.165, 1.54) is 5.56 Å². The summed E-state index contributed by atoms with van der Waals surface area (Å²) in [5.41, 5.74) is 1.29. The highest BCUT2D eigenvalue weighted by molar-refractivity contribution is 7.11. The molecule has 0 saturated heterocycles. The molecule has 0 spiro atoms. The van der Waals surface area contributed by atoms with Crippen molar-refractivity contribution in [2.75, 3.05) is 0 Å². The van der Waals surface area contributed by atoms with E-state index in [-0.39, 0.29) is 0 Å². The third-order valence-electron chi connectivity index (χ3n) is 2.51. The molecule has 0 N–H and O–H groups in total. The van der Waals surface area contributed by atoms with Gasteiger partial charge in [-0.2, -0.15) is 0 Å². The molecule has 0 fully saturated rings. The topological polar surface area (TPSA) is 25.8 Å². The van der Waals surface area contributed by atoms with Gasteiger partial charge in [0.15, 0.2) is 0 Å². The first-order chi connectivity index (χ1) is 7.85. The fourth-order valence-electron chi connectivity index (χ4n) is 1.70. The average Bonchev–Trinajstić information content (AvgIpc) is 2.80. The molecule has 0 aliphatic carbocycles. The third-order valence-corrected chi connectivity index (χ3v) is 3.95. The van der Waals surface area contributed by atoms with E-state index in [2.05, 4.69) is 41.4 Å². The van der Waals surface area contributed by atoms with Crippen LogP contribution in [0.5, 0.6) is 0 Å². The van der Waals surface area contributed by atoms with Crippen LogP contribution in [0.3, 0.4) is 0 Å². The van der Waals surface area contributed by atoms with Crippen LogP contribution in [0.25, 0.3) is 0 Å². The minimum atomic E-state index is 0.343. The number of alkyl halides is 1. The third kappa shape index (κ3) is 2.42. The van der Waals surface area contributed by atoms with Gasteiger partial charge >= 0.3 is 0 Å². The molecule has 2 rings (SSSR count). The standard InChI is InChI=1S/C12H13ClN2S/c1-2-10(9-6-4-3-5-7-9)12-15-14-11(8-13)16-12/h3-7,10H,2,8H2,1H3. The summed E-state index contributed by atoms with van der Waals surface area (Å²) in [6.07, 6.45) is 1.03. The van der Waals surface area contributed by atoms with Gasteiger partial charge in [-0.1, -0.05) is 48.6 Å². The van der Waals surface area contributed by atoms with Gasteiger partial charge in [0.25, 0.3) is 0 Å². The van der Waals surface area contributed by atoms with E-state index in [0.717, 1.165) is 16.4 Å². The van der Waals surface area contributed by atoms with Crippen molar-refractivity contribution in [3.05, 3.63) is 45.9 Å². The fraction of sp³-hybridized carbons (Fsp3) is 0.333. The SMILES string of the molecule is CCC(c1ccccc1)c1nnc(CCl)s1. The summed E-state index contributed by atoms with van der Waals surface area (Å²) in [4.78, 5) is 0. The molecule has 1 atom stereocenters. The lowest BCUT2D eigenvalue weighted by Gasteiger charge is -2.10.